The number of nitrogens with zero attached hydrogens (tertiary/aromatic N) is 2. The van der Waals surface area contributed by atoms with E-state index in [1.165, 1.54) is 33.2 Å². The first-order valence-corrected chi connectivity index (χ1v) is 11.9. The summed E-state index contributed by atoms with van der Waals surface area (Å²) >= 11 is 0. The molecule has 32 heavy (non-hydrogen) atoms. The molecule has 1 heterocycles. The number of carbonyl (C=O) groups is 2. The summed E-state index contributed by atoms with van der Waals surface area (Å²) in [5.74, 6) is -1.21. The minimum Gasteiger partial charge on any atom is -0.449 e. The lowest BCUT2D eigenvalue weighted by Gasteiger charge is -2.23. The van der Waals surface area contributed by atoms with E-state index in [1.54, 1.807) is 18.2 Å². The number of carbonyl (C=O) groups excluding carboxylic acids is 2. The van der Waals surface area contributed by atoms with Gasteiger partial charge in [0.1, 0.15) is 0 Å². The molecule has 1 amide bonds. The van der Waals surface area contributed by atoms with Crippen molar-refractivity contribution >= 4 is 33.3 Å². The second kappa shape index (κ2) is 9.70. The molecule has 0 saturated carbocycles. The Hall–Kier alpha value is -2.91. The molecule has 0 radical (unpaired) electrons. The van der Waals surface area contributed by atoms with Gasteiger partial charge in [-0.2, -0.15) is 0 Å². The maximum absolute atomic E-state index is 13.0. The molecule has 172 valence electrons. The maximum atomic E-state index is 13.0. The molecule has 1 N–H and O–H groups in total. The van der Waals surface area contributed by atoms with Crippen LogP contribution in [-0.4, -0.2) is 57.9 Å². The normalized spacial score (nSPS) is 15.0. The van der Waals surface area contributed by atoms with Gasteiger partial charge in [0.2, 0.25) is 10.0 Å². The number of nitrogens with one attached hydrogen (secondary N) is 1. The van der Waals surface area contributed by atoms with Gasteiger partial charge < -0.3 is 15.0 Å². The second-order valence-corrected chi connectivity index (χ2v) is 10.2. The molecule has 2 aromatic rings. The number of esters is 1. The molecule has 0 aliphatic carbocycles. The number of amides is 1. The van der Waals surface area contributed by atoms with E-state index in [9.17, 15) is 18.0 Å². The van der Waals surface area contributed by atoms with Crippen molar-refractivity contribution in [2.45, 2.75) is 37.7 Å². The van der Waals surface area contributed by atoms with Crippen molar-refractivity contribution in [3.8, 4) is 0 Å². The third-order valence-corrected chi connectivity index (χ3v) is 7.20. The number of anilines is 2. The van der Waals surface area contributed by atoms with Crippen LogP contribution < -0.4 is 10.2 Å². The zero-order valence-corrected chi connectivity index (χ0v) is 19.6. The van der Waals surface area contributed by atoms with Crippen molar-refractivity contribution in [1.82, 2.24) is 4.31 Å². The van der Waals surface area contributed by atoms with Crippen LogP contribution in [0, 0.1) is 6.92 Å². The average Bonchev–Trinajstić information content (AvgIpc) is 3.29. The van der Waals surface area contributed by atoms with Gasteiger partial charge in [-0.15, -0.1) is 0 Å². The van der Waals surface area contributed by atoms with E-state index < -0.39 is 28.0 Å². The van der Waals surface area contributed by atoms with Crippen molar-refractivity contribution in [2.75, 3.05) is 37.4 Å². The summed E-state index contributed by atoms with van der Waals surface area (Å²) in [7, 11) is -0.875. The Kier molecular flexibility index (Phi) is 7.20. The van der Waals surface area contributed by atoms with E-state index in [0.29, 0.717) is 11.4 Å². The Morgan fingerprint density at radius 3 is 2.28 bits per heavy atom. The topological polar surface area (TPSA) is 96.0 Å². The predicted octanol–water partition coefficient (Wildman–Crippen LogP) is 3.03. The second-order valence-electron chi connectivity index (χ2n) is 8.06. The molecule has 1 atom stereocenters. The van der Waals surface area contributed by atoms with Crippen LogP contribution in [0.25, 0.3) is 0 Å². The molecule has 2 aromatic carbocycles. The summed E-state index contributed by atoms with van der Waals surface area (Å²) in [6.07, 6.45) is 0.910. The van der Waals surface area contributed by atoms with Gasteiger partial charge in [0.15, 0.2) is 6.10 Å². The fourth-order valence-electron chi connectivity index (χ4n) is 3.44. The number of ether oxygens (including phenoxy) is 1. The third kappa shape index (κ3) is 5.28. The Morgan fingerprint density at radius 1 is 1.06 bits per heavy atom. The molecule has 0 bridgehead atoms. The quantitative estimate of drug-likeness (QED) is 0.640. The molecule has 1 saturated heterocycles. The van der Waals surface area contributed by atoms with E-state index in [4.69, 9.17) is 4.74 Å². The number of rotatable bonds is 7. The minimum absolute atomic E-state index is 0.00541. The van der Waals surface area contributed by atoms with Crippen molar-refractivity contribution in [3.05, 3.63) is 53.6 Å². The molecular formula is C23H29N3O5S. The largest absolute Gasteiger partial charge is 0.449 e. The van der Waals surface area contributed by atoms with Gasteiger partial charge in [-0.05, 0) is 57.0 Å². The van der Waals surface area contributed by atoms with Crippen molar-refractivity contribution in [1.29, 1.82) is 0 Å². The van der Waals surface area contributed by atoms with Gasteiger partial charge in [-0.3, -0.25) is 4.79 Å². The number of sulfonamides is 1. The van der Waals surface area contributed by atoms with Gasteiger partial charge in [0.25, 0.3) is 5.91 Å². The van der Waals surface area contributed by atoms with Crippen molar-refractivity contribution in [2.24, 2.45) is 0 Å². The van der Waals surface area contributed by atoms with Crippen molar-refractivity contribution < 1.29 is 22.7 Å². The van der Waals surface area contributed by atoms with Gasteiger partial charge in [-0.1, -0.05) is 17.7 Å². The lowest BCUT2D eigenvalue weighted by molar-refractivity contribution is -0.123. The number of hydrogen-bond donors (Lipinski definition) is 1. The molecule has 0 aromatic heterocycles. The molecule has 0 unspecified atom stereocenters. The van der Waals surface area contributed by atoms with Crippen LogP contribution in [-0.2, 0) is 19.6 Å². The highest BCUT2D eigenvalue weighted by Gasteiger charge is 2.27. The van der Waals surface area contributed by atoms with Crippen LogP contribution in [0.5, 0.6) is 0 Å². The summed E-state index contributed by atoms with van der Waals surface area (Å²) in [6.45, 7) is 4.96. The summed E-state index contributed by atoms with van der Waals surface area (Å²) < 4.78 is 31.7. The van der Waals surface area contributed by atoms with Crippen molar-refractivity contribution in [3.63, 3.8) is 0 Å². The summed E-state index contributed by atoms with van der Waals surface area (Å²) in [5.41, 5.74) is 2.39. The first kappa shape index (κ1) is 23.7. The molecular weight excluding hydrogens is 430 g/mol. The fourth-order valence-corrected chi connectivity index (χ4v) is 4.37. The van der Waals surface area contributed by atoms with Crippen LogP contribution in [0.1, 0.15) is 35.7 Å². The summed E-state index contributed by atoms with van der Waals surface area (Å²) in [4.78, 5) is 27.6. The Balaban J connectivity index is 1.84. The lowest BCUT2D eigenvalue weighted by Crippen LogP contribution is -2.31. The van der Waals surface area contributed by atoms with E-state index in [-0.39, 0.29) is 10.5 Å². The predicted molar refractivity (Wildman–Crippen MR) is 123 cm³/mol. The van der Waals surface area contributed by atoms with Crippen LogP contribution in [0.4, 0.5) is 11.4 Å². The van der Waals surface area contributed by atoms with Crippen LogP contribution >= 0.6 is 0 Å². The van der Waals surface area contributed by atoms with Gasteiger partial charge >= 0.3 is 5.97 Å². The highest BCUT2D eigenvalue weighted by Crippen LogP contribution is 2.29. The lowest BCUT2D eigenvalue weighted by atomic mass is 10.1. The first-order chi connectivity index (χ1) is 15.1. The van der Waals surface area contributed by atoms with Gasteiger partial charge in [0.05, 0.1) is 16.1 Å². The van der Waals surface area contributed by atoms with Crippen LogP contribution in [0.3, 0.4) is 0 Å². The zero-order chi connectivity index (χ0) is 23.5. The zero-order valence-electron chi connectivity index (χ0n) is 18.8. The molecule has 0 spiro atoms. The van der Waals surface area contributed by atoms with Crippen LogP contribution in [0.15, 0.2) is 47.4 Å². The highest BCUT2D eigenvalue weighted by molar-refractivity contribution is 7.89. The van der Waals surface area contributed by atoms with Crippen LogP contribution in [0.2, 0.25) is 0 Å². The maximum Gasteiger partial charge on any atom is 0.341 e. The third-order valence-electron chi connectivity index (χ3n) is 5.39. The Bertz CT molecular complexity index is 1090. The molecule has 9 heteroatoms. The average molecular weight is 460 g/mol. The van der Waals surface area contributed by atoms with E-state index in [0.717, 1.165) is 35.8 Å². The molecule has 3 rings (SSSR count). The molecule has 8 nitrogen and oxygen atoms in total. The highest BCUT2D eigenvalue weighted by atomic mass is 32.2. The summed E-state index contributed by atoms with van der Waals surface area (Å²) in [5, 5.41) is 2.72. The SMILES string of the molecule is Cc1ccc(NC(=O)[C@@H](C)OC(=O)c2cc(S(=O)(=O)N(C)C)ccc2N2CCCC2)cc1. The molecule has 1 aliphatic rings. The molecule has 1 aliphatic heterocycles. The van der Waals surface area contributed by atoms with Gasteiger partial charge in [-0.25, -0.2) is 17.5 Å². The number of benzene rings is 2. The minimum atomic E-state index is -3.73. The Labute approximate surface area is 189 Å². The van der Waals surface area contributed by atoms with E-state index >= 15 is 0 Å². The number of aryl methyl sites for hydroxylation is 1. The fraction of sp³-hybridized carbons (Fsp3) is 0.391. The molecule has 1 fully saturated rings. The van der Waals surface area contributed by atoms with Gasteiger partial charge in [0, 0.05) is 32.9 Å². The van der Waals surface area contributed by atoms with E-state index in [2.05, 4.69) is 5.32 Å². The monoisotopic (exact) mass is 459 g/mol. The first-order valence-electron chi connectivity index (χ1n) is 10.5. The standard InChI is InChI=1S/C23H29N3O5S/c1-16-7-9-18(10-8-16)24-22(27)17(2)31-23(28)20-15-19(32(29,30)25(3)4)11-12-21(20)26-13-5-6-14-26/h7-12,15,17H,5-6,13-14H2,1-4H3,(H,24,27)/t17-/m1/s1. The number of hydrogen-bond acceptors (Lipinski definition) is 6. The van der Waals surface area contributed by atoms with E-state index in [1.807, 2.05) is 24.0 Å². The summed E-state index contributed by atoms with van der Waals surface area (Å²) in [6, 6.07) is 11.7. The Morgan fingerprint density at radius 2 is 1.69 bits per heavy atom. The smallest absolute Gasteiger partial charge is 0.341 e.